The molecule has 1 saturated heterocycles. The zero-order chi connectivity index (χ0) is 14.8. The van der Waals surface area contributed by atoms with E-state index in [1.54, 1.807) is 0 Å². The summed E-state index contributed by atoms with van der Waals surface area (Å²) in [6.07, 6.45) is 3.77. The molecule has 1 unspecified atom stereocenters. The fraction of sp³-hybridized carbons (Fsp3) is 0.353. The lowest BCUT2D eigenvalue weighted by molar-refractivity contribution is 0.318. The number of amidine groups is 1. The van der Waals surface area contributed by atoms with Crippen molar-refractivity contribution in [1.82, 2.24) is 0 Å². The second-order valence-electron chi connectivity index (χ2n) is 5.70. The number of hydrogen-bond donors (Lipinski definition) is 2. The Kier molecular flexibility index (Phi) is 3.69. The van der Waals surface area contributed by atoms with Crippen LogP contribution in [0.3, 0.4) is 0 Å². The first-order valence-corrected chi connectivity index (χ1v) is 7.48. The van der Waals surface area contributed by atoms with Gasteiger partial charge in [-0.1, -0.05) is 29.4 Å². The Labute approximate surface area is 124 Å². The highest BCUT2D eigenvalue weighted by Crippen LogP contribution is 2.33. The largest absolute Gasteiger partial charge is 0.409 e. The molecule has 1 fully saturated rings. The molecule has 4 heteroatoms. The van der Waals surface area contributed by atoms with Gasteiger partial charge in [0, 0.05) is 29.2 Å². The SMILES string of the molecule is CC1CCCCN1c1ccc(/C(N)=N/O)c2ccccc12. The Morgan fingerprint density at radius 2 is 1.95 bits per heavy atom. The van der Waals surface area contributed by atoms with Gasteiger partial charge in [-0.2, -0.15) is 0 Å². The van der Waals surface area contributed by atoms with Gasteiger partial charge in [0.2, 0.25) is 0 Å². The summed E-state index contributed by atoms with van der Waals surface area (Å²) in [5, 5.41) is 14.3. The quantitative estimate of drug-likeness (QED) is 0.385. The molecule has 3 N–H and O–H groups in total. The number of nitrogens with two attached hydrogens (primary N) is 1. The van der Waals surface area contributed by atoms with Gasteiger partial charge < -0.3 is 15.8 Å². The van der Waals surface area contributed by atoms with Gasteiger partial charge in [0.25, 0.3) is 0 Å². The first-order chi connectivity index (χ1) is 10.2. The first-order valence-electron chi connectivity index (χ1n) is 7.48. The third-order valence-corrected chi connectivity index (χ3v) is 4.40. The maximum atomic E-state index is 8.96. The van der Waals surface area contributed by atoms with Gasteiger partial charge in [-0.15, -0.1) is 0 Å². The summed E-state index contributed by atoms with van der Waals surface area (Å²) in [5.41, 5.74) is 7.82. The highest BCUT2D eigenvalue weighted by atomic mass is 16.4. The van der Waals surface area contributed by atoms with Crippen LogP contribution in [0, 0.1) is 0 Å². The number of fused-ring (bicyclic) bond motifs is 1. The van der Waals surface area contributed by atoms with E-state index in [1.807, 2.05) is 24.3 Å². The van der Waals surface area contributed by atoms with Crippen molar-refractivity contribution in [2.75, 3.05) is 11.4 Å². The standard InChI is InChI=1S/C17H21N3O/c1-12-6-4-5-11-20(12)16-10-9-15(17(18)19-21)13-7-2-3-8-14(13)16/h2-3,7-10,12,21H,4-6,11H2,1H3,(H2,18,19). The lowest BCUT2D eigenvalue weighted by atomic mass is 9.98. The maximum absolute atomic E-state index is 8.96. The molecular formula is C17H21N3O. The van der Waals surface area contributed by atoms with Crippen LogP contribution >= 0.6 is 0 Å². The molecule has 3 rings (SSSR count). The molecule has 21 heavy (non-hydrogen) atoms. The number of nitrogens with zero attached hydrogens (tertiary/aromatic N) is 2. The number of benzene rings is 2. The van der Waals surface area contributed by atoms with Crippen molar-refractivity contribution in [1.29, 1.82) is 0 Å². The van der Waals surface area contributed by atoms with Crippen molar-refractivity contribution in [3.05, 3.63) is 42.0 Å². The predicted molar refractivity (Wildman–Crippen MR) is 87.1 cm³/mol. The molecule has 1 aliphatic rings. The van der Waals surface area contributed by atoms with Crippen LogP contribution in [0.2, 0.25) is 0 Å². The molecule has 4 nitrogen and oxygen atoms in total. The Morgan fingerprint density at radius 3 is 2.67 bits per heavy atom. The van der Waals surface area contributed by atoms with Crippen LogP contribution in [0.25, 0.3) is 10.8 Å². The third kappa shape index (κ3) is 2.42. The van der Waals surface area contributed by atoms with E-state index in [4.69, 9.17) is 10.9 Å². The molecule has 110 valence electrons. The highest BCUT2D eigenvalue weighted by Gasteiger charge is 2.21. The van der Waals surface area contributed by atoms with Crippen LogP contribution in [-0.4, -0.2) is 23.6 Å². The van der Waals surface area contributed by atoms with Crippen LogP contribution in [0.1, 0.15) is 31.7 Å². The Morgan fingerprint density at radius 1 is 1.19 bits per heavy atom. The summed E-state index contributed by atoms with van der Waals surface area (Å²) >= 11 is 0. The zero-order valence-electron chi connectivity index (χ0n) is 12.3. The normalized spacial score (nSPS) is 20.0. The van der Waals surface area contributed by atoms with Gasteiger partial charge in [-0.3, -0.25) is 0 Å². The van der Waals surface area contributed by atoms with Crippen molar-refractivity contribution < 1.29 is 5.21 Å². The van der Waals surface area contributed by atoms with E-state index in [1.165, 1.54) is 24.9 Å². The molecule has 1 heterocycles. The number of oxime groups is 1. The van der Waals surface area contributed by atoms with Crippen LogP contribution in [0.4, 0.5) is 5.69 Å². The van der Waals surface area contributed by atoms with Crippen molar-refractivity contribution in [2.45, 2.75) is 32.2 Å². The van der Waals surface area contributed by atoms with Crippen molar-refractivity contribution >= 4 is 22.3 Å². The summed E-state index contributed by atoms with van der Waals surface area (Å²) in [6, 6.07) is 12.8. The van der Waals surface area contributed by atoms with E-state index >= 15 is 0 Å². The van der Waals surface area contributed by atoms with Crippen molar-refractivity contribution in [2.24, 2.45) is 10.9 Å². The molecule has 0 amide bonds. The van der Waals surface area contributed by atoms with E-state index in [0.717, 1.165) is 22.9 Å². The Hall–Kier alpha value is -2.23. The number of rotatable bonds is 2. The molecule has 0 bridgehead atoms. The van der Waals surface area contributed by atoms with Crippen LogP contribution < -0.4 is 10.6 Å². The third-order valence-electron chi connectivity index (χ3n) is 4.40. The van der Waals surface area contributed by atoms with E-state index in [0.29, 0.717) is 6.04 Å². The van der Waals surface area contributed by atoms with Gasteiger partial charge in [-0.05, 0) is 43.7 Å². The maximum Gasteiger partial charge on any atom is 0.170 e. The predicted octanol–water partition coefficient (Wildman–Crippen LogP) is 3.31. The lowest BCUT2D eigenvalue weighted by Crippen LogP contribution is -2.37. The van der Waals surface area contributed by atoms with Gasteiger partial charge in [0.05, 0.1) is 0 Å². The second-order valence-corrected chi connectivity index (χ2v) is 5.70. The molecule has 2 aromatic rings. The monoisotopic (exact) mass is 283 g/mol. The van der Waals surface area contributed by atoms with E-state index in [9.17, 15) is 0 Å². The second kappa shape index (κ2) is 5.64. The Balaban J connectivity index is 2.17. The number of anilines is 1. The van der Waals surface area contributed by atoms with Gasteiger partial charge >= 0.3 is 0 Å². The molecule has 1 aliphatic heterocycles. The van der Waals surface area contributed by atoms with Gasteiger partial charge in [0.1, 0.15) is 0 Å². The van der Waals surface area contributed by atoms with E-state index in [2.05, 4.69) is 29.1 Å². The van der Waals surface area contributed by atoms with Crippen LogP contribution in [-0.2, 0) is 0 Å². The summed E-state index contributed by atoms with van der Waals surface area (Å²) < 4.78 is 0. The fourth-order valence-electron chi connectivity index (χ4n) is 3.27. The summed E-state index contributed by atoms with van der Waals surface area (Å²) in [7, 11) is 0. The van der Waals surface area contributed by atoms with Gasteiger partial charge in [-0.25, -0.2) is 0 Å². The average Bonchev–Trinajstić information content (AvgIpc) is 2.54. The van der Waals surface area contributed by atoms with Crippen LogP contribution in [0.15, 0.2) is 41.6 Å². The fourth-order valence-corrected chi connectivity index (χ4v) is 3.27. The smallest absolute Gasteiger partial charge is 0.170 e. The topological polar surface area (TPSA) is 61.8 Å². The molecular weight excluding hydrogens is 262 g/mol. The summed E-state index contributed by atoms with van der Waals surface area (Å²) in [4.78, 5) is 2.47. The first kappa shape index (κ1) is 13.7. The minimum Gasteiger partial charge on any atom is -0.409 e. The van der Waals surface area contributed by atoms with Crippen LogP contribution in [0.5, 0.6) is 0 Å². The molecule has 1 atom stereocenters. The molecule has 0 radical (unpaired) electrons. The van der Waals surface area contributed by atoms with E-state index in [-0.39, 0.29) is 5.84 Å². The zero-order valence-corrected chi connectivity index (χ0v) is 12.3. The van der Waals surface area contributed by atoms with E-state index < -0.39 is 0 Å². The number of piperidine rings is 1. The minimum atomic E-state index is 0.157. The molecule has 0 aliphatic carbocycles. The molecule has 0 saturated carbocycles. The number of hydrogen-bond acceptors (Lipinski definition) is 3. The average molecular weight is 283 g/mol. The highest BCUT2D eigenvalue weighted by molar-refractivity contribution is 6.11. The van der Waals surface area contributed by atoms with Crippen molar-refractivity contribution in [3.8, 4) is 0 Å². The lowest BCUT2D eigenvalue weighted by Gasteiger charge is -2.36. The minimum absolute atomic E-state index is 0.157. The van der Waals surface area contributed by atoms with Crippen molar-refractivity contribution in [3.63, 3.8) is 0 Å². The molecule has 2 aromatic carbocycles. The summed E-state index contributed by atoms with van der Waals surface area (Å²) in [6.45, 7) is 3.37. The molecule has 0 spiro atoms. The van der Waals surface area contributed by atoms with Gasteiger partial charge in [0.15, 0.2) is 5.84 Å². The Bertz CT molecular complexity index is 681. The summed E-state index contributed by atoms with van der Waals surface area (Å²) in [5.74, 6) is 0.157. The molecule has 0 aromatic heterocycles.